The van der Waals surface area contributed by atoms with Gasteiger partial charge in [-0.2, -0.15) is 13.2 Å². The first kappa shape index (κ1) is 30.9. The van der Waals surface area contributed by atoms with Gasteiger partial charge in [0.2, 0.25) is 5.75 Å². The summed E-state index contributed by atoms with van der Waals surface area (Å²) >= 11 is 0. The second kappa shape index (κ2) is 13.8. The summed E-state index contributed by atoms with van der Waals surface area (Å²) in [5.41, 5.74) is -0.294. The Hall–Kier alpha value is -2.11. The zero-order valence-electron chi connectivity index (χ0n) is 19.8. The fourth-order valence-electron chi connectivity index (χ4n) is 4.14. The number of aliphatic hydroxyl groups excluding tert-OH is 1. The second-order valence-corrected chi connectivity index (χ2v) is 7.93. The van der Waals surface area contributed by atoms with Gasteiger partial charge in [0.15, 0.2) is 11.5 Å². The normalized spacial score (nSPS) is 18.5. The summed E-state index contributed by atoms with van der Waals surface area (Å²) in [7, 11) is 4.53. The number of hydrogen-bond donors (Lipinski definition) is 3. The summed E-state index contributed by atoms with van der Waals surface area (Å²) in [6.07, 6.45) is -5.10. The van der Waals surface area contributed by atoms with Gasteiger partial charge in [-0.05, 0) is 12.1 Å². The molecule has 0 spiro atoms. The molecule has 2 aromatic carbocycles. The quantitative estimate of drug-likeness (QED) is 0.295. The number of hydrogen-bond acceptors (Lipinski definition) is 5. The third-order valence-electron chi connectivity index (χ3n) is 5.78. The van der Waals surface area contributed by atoms with Crippen LogP contribution in [0.2, 0.25) is 0 Å². The molecule has 1 saturated heterocycles. The van der Waals surface area contributed by atoms with Gasteiger partial charge in [-0.15, -0.1) is 0 Å². The highest BCUT2D eigenvalue weighted by Gasteiger charge is 2.38. The van der Waals surface area contributed by atoms with E-state index in [0.717, 1.165) is 15.9 Å². The van der Waals surface area contributed by atoms with E-state index in [-0.39, 0.29) is 37.1 Å². The smallest absolute Gasteiger partial charge is 0.422 e. The molecule has 35 heavy (non-hydrogen) atoms. The number of rotatable bonds is 9. The molecule has 1 unspecified atom stereocenters. The van der Waals surface area contributed by atoms with E-state index in [0.29, 0.717) is 55.7 Å². The molecular formula is C23H31Cl2F3N2O5. The molecule has 0 aromatic heterocycles. The van der Waals surface area contributed by atoms with Crippen molar-refractivity contribution >= 4 is 5.69 Å². The maximum Gasteiger partial charge on any atom is 0.422 e. The van der Waals surface area contributed by atoms with Crippen molar-refractivity contribution in [2.24, 2.45) is 0 Å². The number of nitrogens with one attached hydrogen (secondary N) is 2. The Morgan fingerprint density at radius 1 is 0.914 bits per heavy atom. The molecule has 1 fully saturated rings. The van der Waals surface area contributed by atoms with Gasteiger partial charge in [0.25, 0.3) is 0 Å². The van der Waals surface area contributed by atoms with Crippen LogP contribution >= 0.6 is 0 Å². The predicted molar refractivity (Wildman–Crippen MR) is 115 cm³/mol. The van der Waals surface area contributed by atoms with E-state index in [1.54, 1.807) is 24.3 Å². The zero-order valence-corrected chi connectivity index (χ0v) is 21.3. The molecule has 12 heteroatoms. The Bertz CT molecular complexity index is 903. The molecule has 7 nitrogen and oxygen atoms in total. The van der Waals surface area contributed by atoms with Gasteiger partial charge in [-0.1, -0.05) is 12.1 Å². The zero-order chi connectivity index (χ0) is 24.0. The van der Waals surface area contributed by atoms with Crippen molar-refractivity contribution in [3.8, 4) is 23.0 Å². The van der Waals surface area contributed by atoms with Crippen molar-refractivity contribution in [3.63, 3.8) is 0 Å². The molecule has 1 aliphatic rings. The molecule has 0 bridgehead atoms. The molecule has 0 saturated carbocycles. The van der Waals surface area contributed by atoms with Crippen molar-refractivity contribution in [3.05, 3.63) is 42.0 Å². The van der Waals surface area contributed by atoms with E-state index in [1.807, 2.05) is 0 Å². The van der Waals surface area contributed by atoms with Crippen LogP contribution in [-0.2, 0) is 6.18 Å². The van der Waals surface area contributed by atoms with Gasteiger partial charge < -0.3 is 53.8 Å². The summed E-state index contributed by atoms with van der Waals surface area (Å²) in [6, 6.07) is 9.04. The molecule has 3 rings (SSSR count). The Labute approximate surface area is 215 Å². The summed E-state index contributed by atoms with van der Waals surface area (Å²) in [4.78, 5) is 1.94. The molecule has 198 valence electrons. The number of methoxy groups -OCH3 is 3. The van der Waals surface area contributed by atoms with E-state index in [9.17, 15) is 18.3 Å². The Kier molecular flexibility index (Phi) is 12.2. The first-order valence-electron chi connectivity index (χ1n) is 10.7. The van der Waals surface area contributed by atoms with Crippen LogP contribution in [0.4, 0.5) is 18.9 Å². The molecular weight excluding hydrogens is 512 g/mol. The van der Waals surface area contributed by atoms with Crippen molar-refractivity contribution in [2.75, 3.05) is 60.7 Å². The van der Waals surface area contributed by atoms with Crippen molar-refractivity contribution in [1.29, 1.82) is 0 Å². The van der Waals surface area contributed by atoms with Crippen LogP contribution in [0.25, 0.3) is 0 Å². The Morgan fingerprint density at radius 2 is 1.49 bits per heavy atom. The molecule has 1 heterocycles. The van der Waals surface area contributed by atoms with Crippen LogP contribution in [0.1, 0.15) is 5.56 Å². The average Bonchev–Trinajstić information content (AvgIpc) is 2.82. The number of quaternary nitrogens is 2. The number of halogens is 5. The summed E-state index contributed by atoms with van der Waals surface area (Å²) in [5.74, 6) is 1.82. The number of para-hydroxylation sites is 1. The van der Waals surface area contributed by atoms with Crippen molar-refractivity contribution in [2.45, 2.75) is 12.3 Å². The highest BCUT2D eigenvalue weighted by molar-refractivity contribution is 5.55. The number of piperazine rings is 1. The molecule has 1 aliphatic heterocycles. The monoisotopic (exact) mass is 542 g/mol. The summed E-state index contributed by atoms with van der Waals surface area (Å²) < 4.78 is 61.6. The molecule has 2 aromatic rings. The minimum atomic E-state index is -4.37. The molecule has 0 radical (unpaired) electrons. The number of benzene rings is 2. The van der Waals surface area contributed by atoms with Crippen molar-refractivity contribution in [1.82, 2.24) is 0 Å². The predicted octanol–water partition coefficient (Wildman–Crippen LogP) is -5.41. The van der Waals surface area contributed by atoms with E-state index in [4.69, 9.17) is 18.9 Å². The molecule has 3 N–H and O–H groups in total. The van der Waals surface area contributed by atoms with Crippen LogP contribution in [0.5, 0.6) is 23.0 Å². The van der Waals surface area contributed by atoms with E-state index < -0.39 is 17.8 Å². The van der Waals surface area contributed by atoms with Crippen molar-refractivity contribution < 1.29 is 71.8 Å². The third kappa shape index (κ3) is 7.94. The Morgan fingerprint density at radius 3 is 2.00 bits per heavy atom. The lowest BCUT2D eigenvalue weighted by atomic mass is 10.1. The Balaban J connectivity index is 0.00000306. The molecule has 0 amide bonds. The third-order valence-corrected chi connectivity index (χ3v) is 5.78. The molecule has 0 aliphatic carbocycles. The van der Waals surface area contributed by atoms with Crippen LogP contribution < -0.4 is 53.6 Å². The van der Waals surface area contributed by atoms with Gasteiger partial charge in [-0.25, -0.2) is 0 Å². The summed E-state index contributed by atoms with van der Waals surface area (Å²) in [5, 5.41) is 10.5. The topological polar surface area (TPSA) is 66.0 Å². The lowest BCUT2D eigenvalue weighted by molar-refractivity contribution is -0.988. The fourth-order valence-corrected chi connectivity index (χ4v) is 4.14. The first-order chi connectivity index (χ1) is 15.8. The minimum absolute atomic E-state index is 0. The van der Waals surface area contributed by atoms with E-state index in [2.05, 4.69) is 0 Å². The van der Waals surface area contributed by atoms with Crippen LogP contribution in [0, 0.1) is 0 Å². The largest absolute Gasteiger partial charge is 1.00 e. The standard InChI is InChI=1S/C23H29F3N2O5.2ClH/c1-30-20-12-17(13-21(31-2)22(20)32-3)33-15-16(29)14-27-8-10-28(11-9-27)19-7-5-4-6-18(19)23(24,25)26;;/h4-7,12-13,16,29H,8-11,14-15H2,1-3H3;2*1H. The van der Waals surface area contributed by atoms with E-state index in [1.165, 1.54) is 27.4 Å². The lowest BCUT2D eigenvalue weighted by Gasteiger charge is -2.31. The fraction of sp³-hybridized carbons (Fsp3) is 0.478. The average molecular weight is 543 g/mol. The highest BCUT2D eigenvalue weighted by atomic mass is 35.5. The summed E-state index contributed by atoms with van der Waals surface area (Å²) in [6.45, 7) is 2.94. The van der Waals surface area contributed by atoms with E-state index >= 15 is 0 Å². The van der Waals surface area contributed by atoms with Gasteiger partial charge in [0, 0.05) is 12.1 Å². The second-order valence-electron chi connectivity index (χ2n) is 7.93. The molecule has 1 atom stereocenters. The number of ether oxygens (including phenoxy) is 4. The van der Waals surface area contributed by atoms with Gasteiger partial charge >= 0.3 is 6.18 Å². The lowest BCUT2D eigenvalue weighted by Crippen LogP contribution is -3.26. The minimum Gasteiger partial charge on any atom is -1.00 e. The van der Waals surface area contributed by atoms with Crippen LogP contribution in [0.15, 0.2) is 36.4 Å². The SMILES string of the molecule is COc1cc(OCC(O)C[NH+]2CC[NH+](c3ccccc3C(F)(F)F)CC2)cc(OC)c1OC.[Cl-].[Cl-]. The van der Waals surface area contributed by atoms with Crippen LogP contribution in [-0.4, -0.2) is 71.9 Å². The maximum absolute atomic E-state index is 13.3. The van der Waals surface area contributed by atoms with Gasteiger partial charge in [0.1, 0.15) is 62.4 Å². The van der Waals surface area contributed by atoms with Gasteiger partial charge in [0.05, 0.1) is 21.3 Å². The number of alkyl halides is 3. The van der Waals surface area contributed by atoms with Gasteiger partial charge in [-0.3, -0.25) is 4.90 Å². The maximum atomic E-state index is 13.3. The van der Waals surface area contributed by atoms with Crippen LogP contribution in [0.3, 0.4) is 0 Å². The first-order valence-corrected chi connectivity index (χ1v) is 10.7. The highest BCUT2D eigenvalue weighted by Crippen LogP contribution is 2.40. The number of aliphatic hydroxyl groups is 1.